The highest BCUT2D eigenvalue weighted by Gasteiger charge is 2.12. The van der Waals surface area contributed by atoms with Crippen molar-refractivity contribution in [3.8, 4) is 6.01 Å². The summed E-state index contributed by atoms with van der Waals surface area (Å²) in [6.45, 7) is 0. The number of rotatable bonds is 2. The first-order valence-corrected chi connectivity index (χ1v) is 3.32. The summed E-state index contributed by atoms with van der Waals surface area (Å²) in [6.07, 6.45) is 1.18. The van der Waals surface area contributed by atoms with Gasteiger partial charge in [0, 0.05) is 0 Å². The van der Waals surface area contributed by atoms with Gasteiger partial charge in [0.25, 0.3) is 0 Å². The van der Waals surface area contributed by atoms with Gasteiger partial charge in [0.1, 0.15) is 0 Å². The van der Waals surface area contributed by atoms with Crippen LogP contribution >= 0.6 is 11.6 Å². The van der Waals surface area contributed by atoms with E-state index < -0.39 is 5.97 Å². The van der Waals surface area contributed by atoms with Crippen LogP contribution in [-0.4, -0.2) is 28.2 Å². The zero-order valence-corrected chi connectivity index (χ0v) is 6.87. The second-order valence-corrected chi connectivity index (χ2v) is 2.27. The van der Waals surface area contributed by atoms with Crippen LogP contribution in [-0.2, 0) is 0 Å². The van der Waals surface area contributed by atoms with Gasteiger partial charge in [-0.05, 0) is 0 Å². The van der Waals surface area contributed by atoms with Gasteiger partial charge in [0.15, 0.2) is 5.69 Å². The Morgan fingerprint density at radius 3 is 2.92 bits per heavy atom. The van der Waals surface area contributed by atoms with Crippen LogP contribution in [0.2, 0.25) is 5.02 Å². The van der Waals surface area contributed by atoms with Crippen molar-refractivity contribution in [2.24, 2.45) is 0 Å². The van der Waals surface area contributed by atoms with E-state index in [1.807, 2.05) is 0 Å². The first kappa shape index (κ1) is 8.73. The van der Waals surface area contributed by atoms with Crippen molar-refractivity contribution < 1.29 is 14.6 Å². The Bertz CT molecular complexity index is 316. The van der Waals surface area contributed by atoms with Crippen LogP contribution in [0.1, 0.15) is 10.5 Å². The third-order valence-corrected chi connectivity index (χ3v) is 1.38. The topological polar surface area (TPSA) is 72.3 Å². The molecule has 1 aromatic rings. The lowest BCUT2D eigenvalue weighted by molar-refractivity contribution is 0.0689. The molecule has 0 unspecified atom stereocenters. The van der Waals surface area contributed by atoms with Gasteiger partial charge in [0.05, 0.1) is 18.3 Å². The summed E-state index contributed by atoms with van der Waals surface area (Å²) in [5, 5.41) is 8.54. The Hall–Kier alpha value is -1.36. The molecule has 0 fully saturated rings. The Morgan fingerprint density at radius 2 is 2.42 bits per heavy atom. The fraction of sp³-hybridized carbons (Fsp3) is 0.167. The molecular formula is C6H5ClN2O3. The summed E-state index contributed by atoms with van der Waals surface area (Å²) in [7, 11) is 1.34. The largest absolute Gasteiger partial charge is 0.476 e. The van der Waals surface area contributed by atoms with Crippen molar-refractivity contribution in [3.05, 3.63) is 16.9 Å². The highest BCUT2D eigenvalue weighted by atomic mass is 35.5. The predicted molar refractivity (Wildman–Crippen MR) is 40.6 cm³/mol. The summed E-state index contributed by atoms with van der Waals surface area (Å²) >= 11 is 5.49. The van der Waals surface area contributed by atoms with Crippen LogP contribution in [0.3, 0.4) is 0 Å². The number of aromatic carboxylic acids is 1. The van der Waals surface area contributed by atoms with E-state index in [4.69, 9.17) is 16.7 Å². The van der Waals surface area contributed by atoms with E-state index in [9.17, 15) is 4.79 Å². The molecule has 0 radical (unpaired) electrons. The minimum Gasteiger partial charge on any atom is -0.476 e. The van der Waals surface area contributed by atoms with E-state index in [0.29, 0.717) is 0 Å². The molecule has 0 amide bonds. The lowest BCUT2D eigenvalue weighted by atomic mass is 10.4. The van der Waals surface area contributed by atoms with Crippen molar-refractivity contribution in [1.29, 1.82) is 0 Å². The van der Waals surface area contributed by atoms with Crippen LogP contribution in [0.4, 0.5) is 0 Å². The van der Waals surface area contributed by atoms with Gasteiger partial charge in [-0.2, -0.15) is 4.98 Å². The Morgan fingerprint density at radius 1 is 1.75 bits per heavy atom. The van der Waals surface area contributed by atoms with Gasteiger partial charge >= 0.3 is 12.0 Å². The number of ether oxygens (including phenoxy) is 1. The standard InChI is InChI=1S/C6H5ClN2O3/c1-12-6-8-2-3(7)4(9-6)5(10)11/h2H,1H3,(H,10,11). The van der Waals surface area contributed by atoms with E-state index in [2.05, 4.69) is 14.7 Å². The molecular weight excluding hydrogens is 184 g/mol. The number of halogens is 1. The molecule has 6 heteroatoms. The molecule has 0 aliphatic rings. The first-order valence-electron chi connectivity index (χ1n) is 2.95. The molecule has 0 aromatic carbocycles. The second-order valence-electron chi connectivity index (χ2n) is 1.86. The summed E-state index contributed by atoms with van der Waals surface area (Å²) in [4.78, 5) is 17.6. The maximum Gasteiger partial charge on any atom is 0.356 e. The number of aromatic nitrogens is 2. The van der Waals surface area contributed by atoms with Crippen molar-refractivity contribution in [1.82, 2.24) is 9.97 Å². The zero-order valence-electron chi connectivity index (χ0n) is 6.11. The normalized spacial score (nSPS) is 9.50. The van der Waals surface area contributed by atoms with E-state index in [-0.39, 0.29) is 16.7 Å². The zero-order chi connectivity index (χ0) is 9.14. The highest BCUT2D eigenvalue weighted by Crippen LogP contribution is 2.14. The lowest BCUT2D eigenvalue weighted by Gasteiger charge is -1.99. The molecule has 0 aliphatic carbocycles. The first-order chi connectivity index (χ1) is 5.65. The summed E-state index contributed by atoms with van der Waals surface area (Å²) in [5.41, 5.74) is -0.261. The van der Waals surface area contributed by atoms with E-state index >= 15 is 0 Å². The molecule has 0 spiro atoms. The molecule has 0 atom stereocenters. The Labute approximate surface area is 73.0 Å². The molecule has 12 heavy (non-hydrogen) atoms. The molecule has 1 heterocycles. The van der Waals surface area contributed by atoms with Gasteiger partial charge < -0.3 is 9.84 Å². The molecule has 0 saturated heterocycles. The number of hydrogen-bond acceptors (Lipinski definition) is 4. The predicted octanol–water partition coefficient (Wildman–Crippen LogP) is 0.837. The minimum absolute atomic E-state index is 0.0108. The summed E-state index contributed by atoms with van der Waals surface area (Å²) in [6, 6.07) is -0.0169. The quantitative estimate of drug-likeness (QED) is 0.745. The van der Waals surface area contributed by atoms with Crippen molar-refractivity contribution >= 4 is 17.6 Å². The van der Waals surface area contributed by atoms with Crippen LogP contribution in [0.5, 0.6) is 6.01 Å². The average Bonchev–Trinajstić information content (AvgIpc) is 2.05. The van der Waals surface area contributed by atoms with Gasteiger partial charge in [-0.1, -0.05) is 11.6 Å². The minimum atomic E-state index is -1.21. The highest BCUT2D eigenvalue weighted by molar-refractivity contribution is 6.33. The van der Waals surface area contributed by atoms with Gasteiger partial charge in [0.2, 0.25) is 0 Å². The molecule has 1 rings (SSSR count). The van der Waals surface area contributed by atoms with Crippen LogP contribution in [0.15, 0.2) is 6.20 Å². The van der Waals surface area contributed by atoms with Gasteiger partial charge in [-0.15, -0.1) is 0 Å². The van der Waals surface area contributed by atoms with E-state index in [1.165, 1.54) is 13.3 Å². The smallest absolute Gasteiger partial charge is 0.356 e. The Kier molecular flexibility index (Phi) is 2.44. The maximum absolute atomic E-state index is 10.5. The monoisotopic (exact) mass is 188 g/mol. The number of carboxylic acids is 1. The molecule has 64 valence electrons. The van der Waals surface area contributed by atoms with Crippen molar-refractivity contribution in [2.45, 2.75) is 0 Å². The van der Waals surface area contributed by atoms with E-state index in [0.717, 1.165) is 0 Å². The molecule has 0 saturated carbocycles. The fourth-order valence-electron chi connectivity index (χ4n) is 0.599. The van der Waals surface area contributed by atoms with Crippen LogP contribution < -0.4 is 4.74 Å². The number of carboxylic acid groups (broad SMARTS) is 1. The number of nitrogens with zero attached hydrogens (tertiary/aromatic N) is 2. The second kappa shape index (κ2) is 3.36. The van der Waals surface area contributed by atoms with Crippen LogP contribution in [0.25, 0.3) is 0 Å². The number of carbonyl (C=O) groups is 1. The molecule has 0 aliphatic heterocycles. The van der Waals surface area contributed by atoms with Crippen molar-refractivity contribution in [3.63, 3.8) is 0 Å². The summed E-state index contributed by atoms with van der Waals surface area (Å²) < 4.78 is 4.62. The van der Waals surface area contributed by atoms with Crippen LogP contribution in [0, 0.1) is 0 Å². The molecule has 0 bridgehead atoms. The maximum atomic E-state index is 10.5. The van der Waals surface area contributed by atoms with Gasteiger partial charge in [-0.25, -0.2) is 9.78 Å². The third-order valence-electron chi connectivity index (χ3n) is 1.11. The third kappa shape index (κ3) is 1.62. The number of hydrogen-bond donors (Lipinski definition) is 1. The molecule has 1 aromatic heterocycles. The van der Waals surface area contributed by atoms with E-state index in [1.54, 1.807) is 0 Å². The number of methoxy groups -OCH3 is 1. The average molecular weight is 189 g/mol. The van der Waals surface area contributed by atoms with Crippen molar-refractivity contribution in [2.75, 3.05) is 7.11 Å². The lowest BCUT2D eigenvalue weighted by Crippen LogP contribution is -2.04. The summed E-state index contributed by atoms with van der Waals surface area (Å²) in [5.74, 6) is -1.21. The molecule has 1 N–H and O–H groups in total. The van der Waals surface area contributed by atoms with Gasteiger partial charge in [-0.3, -0.25) is 0 Å². The SMILES string of the molecule is COc1ncc(Cl)c(C(=O)O)n1. The fourth-order valence-corrected chi connectivity index (χ4v) is 0.771. The Balaban J connectivity index is 3.17. The molecule has 5 nitrogen and oxygen atoms in total.